The van der Waals surface area contributed by atoms with E-state index in [9.17, 15) is 4.79 Å². The van der Waals surface area contributed by atoms with E-state index < -0.39 is 0 Å². The monoisotopic (exact) mass is 274 g/mol. The quantitative estimate of drug-likeness (QED) is 0.684. The molecule has 0 aliphatic heterocycles. The maximum absolute atomic E-state index is 11.3. The standard InChI is InChI=1S/C14H14N2O2S/c1-18-14(17)11-6-4-10(5-7-11)9-16-8-2-3-12(16)13(15)19/h2-8H,9H2,1H3,(H2,15,19). The van der Waals surface area contributed by atoms with Gasteiger partial charge in [-0.3, -0.25) is 0 Å². The molecular weight excluding hydrogens is 260 g/mol. The van der Waals surface area contributed by atoms with E-state index in [1.807, 2.05) is 35.0 Å². The van der Waals surface area contributed by atoms with E-state index in [1.165, 1.54) is 7.11 Å². The Kier molecular flexibility index (Phi) is 3.97. The lowest BCUT2D eigenvalue weighted by Crippen LogP contribution is -2.15. The number of benzene rings is 1. The van der Waals surface area contributed by atoms with Crippen molar-refractivity contribution < 1.29 is 9.53 Å². The van der Waals surface area contributed by atoms with Crippen LogP contribution in [0.15, 0.2) is 42.6 Å². The second-order valence-corrected chi connectivity index (χ2v) is 4.51. The number of carbonyl (C=O) groups is 1. The molecule has 5 heteroatoms. The first-order valence-corrected chi connectivity index (χ1v) is 6.15. The Balaban J connectivity index is 2.17. The molecule has 0 radical (unpaired) electrons. The Morgan fingerprint density at radius 2 is 2.00 bits per heavy atom. The highest BCUT2D eigenvalue weighted by Gasteiger charge is 2.06. The lowest BCUT2D eigenvalue weighted by Gasteiger charge is -2.08. The molecule has 0 saturated heterocycles. The first kappa shape index (κ1) is 13.3. The van der Waals surface area contributed by atoms with Crippen LogP contribution in [0, 0.1) is 0 Å². The van der Waals surface area contributed by atoms with Gasteiger partial charge in [0.25, 0.3) is 0 Å². The molecule has 2 N–H and O–H groups in total. The highest BCUT2D eigenvalue weighted by molar-refractivity contribution is 7.80. The van der Waals surface area contributed by atoms with Crippen LogP contribution < -0.4 is 5.73 Å². The molecule has 2 aromatic rings. The molecule has 1 heterocycles. The van der Waals surface area contributed by atoms with Gasteiger partial charge in [0.15, 0.2) is 0 Å². The van der Waals surface area contributed by atoms with Gasteiger partial charge < -0.3 is 15.0 Å². The van der Waals surface area contributed by atoms with Crippen LogP contribution in [0.1, 0.15) is 21.6 Å². The number of nitrogens with two attached hydrogens (primary N) is 1. The molecule has 0 aliphatic rings. The van der Waals surface area contributed by atoms with Crippen LogP contribution in [-0.4, -0.2) is 22.6 Å². The van der Waals surface area contributed by atoms with Gasteiger partial charge in [-0.15, -0.1) is 0 Å². The molecule has 19 heavy (non-hydrogen) atoms. The summed E-state index contributed by atoms with van der Waals surface area (Å²) in [5.41, 5.74) is 8.06. The minimum absolute atomic E-state index is 0.337. The summed E-state index contributed by atoms with van der Waals surface area (Å²) in [7, 11) is 1.37. The zero-order valence-corrected chi connectivity index (χ0v) is 11.3. The maximum Gasteiger partial charge on any atom is 0.337 e. The van der Waals surface area contributed by atoms with Gasteiger partial charge in [0.1, 0.15) is 4.99 Å². The summed E-state index contributed by atoms with van der Waals surface area (Å²) in [6.07, 6.45) is 1.92. The van der Waals surface area contributed by atoms with Gasteiger partial charge in [-0.1, -0.05) is 24.4 Å². The third-order valence-corrected chi connectivity index (χ3v) is 3.02. The van der Waals surface area contributed by atoms with Crippen LogP contribution in [0.25, 0.3) is 0 Å². The Bertz CT molecular complexity index is 602. The maximum atomic E-state index is 11.3. The third kappa shape index (κ3) is 3.00. The van der Waals surface area contributed by atoms with E-state index in [1.54, 1.807) is 12.1 Å². The Morgan fingerprint density at radius 3 is 2.58 bits per heavy atom. The second-order valence-electron chi connectivity index (χ2n) is 4.07. The molecule has 0 saturated carbocycles. The average molecular weight is 274 g/mol. The number of methoxy groups -OCH3 is 1. The van der Waals surface area contributed by atoms with Crippen molar-refractivity contribution in [2.75, 3.05) is 7.11 Å². The molecule has 0 unspecified atom stereocenters. The van der Waals surface area contributed by atoms with E-state index in [0.717, 1.165) is 11.3 Å². The van der Waals surface area contributed by atoms with Crippen molar-refractivity contribution in [1.82, 2.24) is 4.57 Å². The van der Waals surface area contributed by atoms with Gasteiger partial charge in [-0.25, -0.2) is 4.79 Å². The van der Waals surface area contributed by atoms with Crippen LogP contribution in [0.3, 0.4) is 0 Å². The zero-order valence-electron chi connectivity index (χ0n) is 10.5. The van der Waals surface area contributed by atoms with Crippen molar-refractivity contribution in [2.24, 2.45) is 5.73 Å². The van der Waals surface area contributed by atoms with Crippen molar-refractivity contribution in [3.05, 3.63) is 59.4 Å². The van der Waals surface area contributed by atoms with Crippen molar-refractivity contribution in [3.8, 4) is 0 Å². The number of ether oxygens (including phenoxy) is 1. The van der Waals surface area contributed by atoms with E-state index in [2.05, 4.69) is 4.74 Å². The van der Waals surface area contributed by atoms with Crippen molar-refractivity contribution >= 4 is 23.2 Å². The summed E-state index contributed by atoms with van der Waals surface area (Å²) in [5, 5.41) is 0. The number of rotatable bonds is 4. The van der Waals surface area contributed by atoms with E-state index in [0.29, 0.717) is 17.1 Å². The van der Waals surface area contributed by atoms with Crippen molar-refractivity contribution in [2.45, 2.75) is 6.54 Å². The predicted molar refractivity (Wildman–Crippen MR) is 77.2 cm³/mol. The average Bonchev–Trinajstić information content (AvgIpc) is 2.87. The van der Waals surface area contributed by atoms with Crippen LogP contribution in [0.2, 0.25) is 0 Å². The minimum atomic E-state index is -0.337. The first-order chi connectivity index (χ1) is 9.11. The summed E-state index contributed by atoms with van der Waals surface area (Å²) in [6.45, 7) is 0.654. The molecule has 0 spiro atoms. The van der Waals surface area contributed by atoms with Gasteiger partial charge in [-0.2, -0.15) is 0 Å². The molecule has 2 rings (SSSR count). The summed E-state index contributed by atoms with van der Waals surface area (Å²) in [4.78, 5) is 11.7. The number of esters is 1. The number of aromatic nitrogens is 1. The Morgan fingerprint density at radius 1 is 1.32 bits per heavy atom. The van der Waals surface area contributed by atoms with Crippen LogP contribution in [0.5, 0.6) is 0 Å². The smallest absolute Gasteiger partial charge is 0.337 e. The fraction of sp³-hybridized carbons (Fsp3) is 0.143. The zero-order chi connectivity index (χ0) is 13.8. The molecule has 4 nitrogen and oxygen atoms in total. The lowest BCUT2D eigenvalue weighted by atomic mass is 10.1. The highest BCUT2D eigenvalue weighted by atomic mass is 32.1. The number of hydrogen-bond acceptors (Lipinski definition) is 3. The Labute approximate surface area is 116 Å². The van der Waals surface area contributed by atoms with Crippen molar-refractivity contribution in [1.29, 1.82) is 0 Å². The van der Waals surface area contributed by atoms with E-state index in [4.69, 9.17) is 18.0 Å². The molecule has 0 bridgehead atoms. The number of thiocarbonyl (C=S) groups is 1. The SMILES string of the molecule is COC(=O)c1ccc(Cn2cccc2C(N)=S)cc1. The molecule has 0 aliphatic carbocycles. The summed E-state index contributed by atoms with van der Waals surface area (Å²) < 4.78 is 6.62. The van der Waals surface area contributed by atoms with Crippen LogP contribution in [0.4, 0.5) is 0 Å². The topological polar surface area (TPSA) is 57.2 Å². The van der Waals surface area contributed by atoms with Crippen LogP contribution in [-0.2, 0) is 11.3 Å². The predicted octanol–water partition coefficient (Wildman–Crippen LogP) is 1.96. The molecular formula is C14H14N2O2S. The second kappa shape index (κ2) is 5.67. The first-order valence-electron chi connectivity index (χ1n) is 5.74. The van der Waals surface area contributed by atoms with Gasteiger partial charge >= 0.3 is 5.97 Å². The fourth-order valence-corrected chi connectivity index (χ4v) is 2.02. The van der Waals surface area contributed by atoms with Crippen molar-refractivity contribution in [3.63, 3.8) is 0 Å². The summed E-state index contributed by atoms with van der Waals surface area (Å²) in [5.74, 6) is -0.337. The highest BCUT2D eigenvalue weighted by Crippen LogP contribution is 2.10. The van der Waals surface area contributed by atoms with Gasteiger partial charge in [0.05, 0.1) is 18.4 Å². The van der Waals surface area contributed by atoms with Gasteiger partial charge in [0, 0.05) is 12.7 Å². The molecule has 1 aromatic carbocycles. The third-order valence-electron chi connectivity index (χ3n) is 2.81. The summed E-state index contributed by atoms with van der Waals surface area (Å²) >= 11 is 4.99. The van der Waals surface area contributed by atoms with Gasteiger partial charge in [-0.05, 0) is 29.8 Å². The summed E-state index contributed by atoms with van der Waals surface area (Å²) in [6, 6.07) is 11.0. The largest absolute Gasteiger partial charge is 0.465 e. The molecule has 0 fully saturated rings. The normalized spacial score (nSPS) is 10.2. The minimum Gasteiger partial charge on any atom is -0.465 e. The van der Waals surface area contributed by atoms with E-state index >= 15 is 0 Å². The molecule has 0 atom stereocenters. The van der Waals surface area contributed by atoms with Crippen LogP contribution >= 0.6 is 12.2 Å². The molecule has 1 aromatic heterocycles. The molecule has 98 valence electrons. The van der Waals surface area contributed by atoms with E-state index in [-0.39, 0.29) is 5.97 Å². The Hall–Kier alpha value is -2.14. The number of hydrogen-bond donors (Lipinski definition) is 1. The lowest BCUT2D eigenvalue weighted by molar-refractivity contribution is 0.0600. The fourth-order valence-electron chi connectivity index (χ4n) is 1.84. The number of carbonyl (C=O) groups excluding carboxylic acids is 1. The molecule has 0 amide bonds. The number of nitrogens with zero attached hydrogens (tertiary/aromatic N) is 1. The van der Waals surface area contributed by atoms with Gasteiger partial charge in [0.2, 0.25) is 0 Å².